The number of benzene rings is 2. The molecule has 1 saturated heterocycles. The van der Waals surface area contributed by atoms with Crippen LogP contribution in [0.4, 0.5) is 0 Å². The first-order chi connectivity index (χ1) is 12.3. The normalized spacial score (nSPS) is 26.0. The number of aliphatic hydroxyl groups is 2. The Morgan fingerprint density at radius 1 is 0.680 bits per heavy atom. The third-order valence-electron chi connectivity index (χ3n) is 4.34. The highest BCUT2D eigenvalue weighted by Crippen LogP contribution is 2.28. The van der Waals surface area contributed by atoms with E-state index in [0.29, 0.717) is 13.2 Å². The third-order valence-corrected chi connectivity index (χ3v) is 4.34. The highest BCUT2D eigenvalue weighted by molar-refractivity contribution is 5.14. The number of hydrogen-bond acceptors (Lipinski definition) is 5. The molecule has 0 aliphatic carbocycles. The Hall–Kier alpha value is -1.76. The molecule has 2 aromatic carbocycles. The molecule has 0 radical (unpaired) electrons. The van der Waals surface area contributed by atoms with Crippen molar-refractivity contribution in [1.29, 1.82) is 0 Å². The van der Waals surface area contributed by atoms with Crippen LogP contribution in [0, 0.1) is 0 Å². The summed E-state index contributed by atoms with van der Waals surface area (Å²) in [5.74, 6) is 0. The molecule has 1 aliphatic rings. The molecule has 1 heterocycles. The molecule has 0 unspecified atom stereocenters. The van der Waals surface area contributed by atoms with Crippen LogP contribution in [0.5, 0.6) is 0 Å². The summed E-state index contributed by atoms with van der Waals surface area (Å²) in [6.45, 7) is 0.436. The van der Waals surface area contributed by atoms with E-state index < -0.39 is 24.4 Å². The second kappa shape index (κ2) is 9.08. The van der Waals surface area contributed by atoms with Gasteiger partial charge < -0.3 is 24.4 Å². The van der Waals surface area contributed by atoms with E-state index in [9.17, 15) is 10.2 Å². The predicted octanol–water partition coefficient (Wildman–Crippen LogP) is 1.91. The second-order valence-corrected chi connectivity index (χ2v) is 6.10. The summed E-state index contributed by atoms with van der Waals surface area (Å²) in [4.78, 5) is 0. The standard InChI is InChI=1S/C20H24O5/c21-11-17-19(23-13-15-7-3-1-4-8-15)20(18(12-22)25-17)24-14-16-9-5-2-6-10-16/h1-10,17-22H,11-14H2/t17-,18-,19-,20-/m1/s1. The van der Waals surface area contributed by atoms with Gasteiger partial charge in [-0.2, -0.15) is 0 Å². The van der Waals surface area contributed by atoms with Crippen molar-refractivity contribution in [1.82, 2.24) is 0 Å². The number of rotatable bonds is 8. The van der Waals surface area contributed by atoms with Gasteiger partial charge in [-0.25, -0.2) is 0 Å². The minimum absolute atomic E-state index is 0.179. The van der Waals surface area contributed by atoms with E-state index in [1.165, 1.54) is 0 Å². The zero-order valence-electron chi connectivity index (χ0n) is 14.0. The lowest BCUT2D eigenvalue weighted by Gasteiger charge is -2.24. The van der Waals surface area contributed by atoms with Gasteiger partial charge in [0.25, 0.3) is 0 Å². The third kappa shape index (κ3) is 4.66. The first-order valence-corrected chi connectivity index (χ1v) is 8.50. The average Bonchev–Trinajstić information content (AvgIpc) is 3.03. The smallest absolute Gasteiger partial charge is 0.115 e. The zero-order valence-corrected chi connectivity index (χ0v) is 14.0. The SMILES string of the molecule is OC[C@H]1O[C@H](CO)[C@@H](OCc2ccccc2)[C@@H]1OCc1ccccc1. The van der Waals surface area contributed by atoms with Crippen LogP contribution >= 0.6 is 0 Å². The van der Waals surface area contributed by atoms with E-state index in [1.54, 1.807) is 0 Å². The van der Waals surface area contributed by atoms with Crippen LogP contribution in [0.15, 0.2) is 60.7 Å². The van der Waals surface area contributed by atoms with Crippen LogP contribution in [-0.2, 0) is 27.4 Å². The van der Waals surface area contributed by atoms with Gasteiger partial charge in [0.05, 0.1) is 26.4 Å². The Morgan fingerprint density at radius 2 is 1.08 bits per heavy atom. The largest absolute Gasteiger partial charge is 0.394 e. The predicted molar refractivity (Wildman–Crippen MR) is 92.9 cm³/mol. The molecule has 3 rings (SSSR count). The molecule has 2 N–H and O–H groups in total. The maximum atomic E-state index is 9.61. The van der Waals surface area contributed by atoms with Crippen LogP contribution in [0.1, 0.15) is 11.1 Å². The number of hydrogen-bond donors (Lipinski definition) is 2. The molecule has 4 atom stereocenters. The molecular weight excluding hydrogens is 320 g/mol. The minimum atomic E-state index is -0.512. The van der Waals surface area contributed by atoms with Crippen molar-refractivity contribution in [3.8, 4) is 0 Å². The van der Waals surface area contributed by atoms with Crippen LogP contribution in [0.3, 0.4) is 0 Å². The summed E-state index contributed by atoms with van der Waals surface area (Å²) >= 11 is 0. The summed E-state index contributed by atoms with van der Waals surface area (Å²) in [7, 11) is 0. The quantitative estimate of drug-likeness (QED) is 0.766. The molecule has 0 amide bonds. The molecule has 134 valence electrons. The molecule has 0 saturated carbocycles. The summed E-state index contributed by atoms with van der Waals surface area (Å²) in [6.07, 6.45) is -1.90. The lowest BCUT2D eigenvalue weighted by molar-refractivity contribution is -0.0856. The van der Waals surface area contributed by atoms with Gasteiger partial charge in [-0.05, 0) is 11.1 Å². The fourth-order valence-electron chi connectivity index (χ4n) is 3.03. The van der Waals surface area contributed by atoms with Crippen molar-refractivity contribution >= 4 is 0 Å². The fourth-order valence-corrected chi connectivity index (χ4v) is 3.03. The van der Waals surface area contributed by atoms with Gasteiger partial charge in [0, 0.05) is 0 Å². The van der Waals surface area contributed by atoms with Gasteiger partial charge in [-0.15, -0.1) is 0 Å². The molecule has 5 nitrogen and oxygen atoms in total. The van der Waals surface area contributed by atoms with Crippen LogP contribution < -0.4 is 0 Å². The van der Waals surface area contributed by atoms with E-state index in [2.05, 4.69) is 0 Å². The molecular formula is C20H24O5. The van der Waals surface area contributed by atoms with Crippen molar-refractivity contribution < 1.29 is 24.4 Å². The average molecular weight is 344 g/mol. The van der Waals surface area contributed by atoms with Crippen molar-refractivity contribution in [3.63, 3.8) is 0 Å². The van der Waals surface area contributed by atoms with Gasteiger partial charge in [0.1, 0.15) is 24.4 Å². The van der Waals surface area contributed by atoms with E-state index in [-0.39, 0.29) is 13.2 Å². The van der Waals surface area contributed by atoms with Gasteiger partial charge in [0.2, 0.25) is 0 Å². The highest BCUT2D eigenvalue weighted by atomic mass is 16.6. The Bertz CT molecular complexity index is 563. The van der Waals surface area contributed by atoms with E-state index in [0.717, 1.165) is 11.1 Å². The molecule has 1 aliphatic heterocycles. The maximum Gasteiger partial charge on any atom is 0.115 e. The fraction of sp³-hybridized carbons (Fsp3) is 0.400. The molecule has 25 heavy (non-hydrogen) atoms. The van der Waals surface area contributed by atoms with Crippen LogP contribution in [-0.4, -0.2) is 47.8 Å². The molecule has 5 heteroatoms. The molecule has 0 bridgehead atoms. The highest BCUT2D eigenvalue weighted by Gasteiger charge is 2.45. The lowest BCUT2D eigenvalue weighted by atomic mass is 10.1. The summed E-state index contributed by atoms with van der Waals surface area (Å²) in [5.41, 5.74) is 2.07. The lowest BCUT2D eigenvalue weighted by Crippen LogP contribution is -2.39. The van der Waals surface area contributed by atoms with E-state index in [4.69, 9.17) is 14.2 Å². The van der Waals surface area contributed by atoms with Gasteiger partial charge in [-0.3, -0.25) is 0 Å². The Balaban J connectivity index is 1.66. The Morgan fingerprint density at radius 3 is 1.44 bits per heavy atom. The maximum absolute atomic E-state index is 9.61. The first kappa shape index (κ1) is 18.0. The zero-order chi connectivity index (χ0) is 17.5. The second-order valence-electron chi connectivity index (χ2n) is 6.10. The summed E-state index contributed by atoms with van der Waals surface area (Å²) < 4.78 is 17.7. The van der Waals surface area contributed by atoms with Crippen molar-refractivity contribution in [2.24, 2.45) is 0 Å². The molecule has 0 spiro atoms. The number of aliphatic hydroxyl groups excluding tert-OH is 2. The van der Waals surface area contributed by atoms with Crippen LogP contribution in [0.2, 0.25) is 0 Å². The monoisotopic (exact) mass is 344 g/mol. The summed E-state index contributed by atoms with van der Waals surface area (Å²) in [5, 5.41) is 19.2. The van der Waals surface area contributed by atoms with Crippen molar-refractivity contribution in [3.05, 3.63) is 71.8 Å². The Labute approximate surface area is 147 Å². The van der Waals surface area contributed by atoms with Gasteiger partial charge in [0.15, 0.2) is 0 Å². The number of ether oxygens (including phenoxy) is 3. The van der Waals surface area contributed by atoms with Crippen molar-refractivity contribution in [2.45, 2.75) is 37.6 Å². The topological polar surface area (TPSA) is 68.2 Å². The first-order valence-electron chi connectivity index (χ1n) is 8.50. The Kier molecular flexibility index (Phi) is 6.55. The molecule has 2 aromatic rings. The minimum Gasteiger partial charge on any atom is -0.394 e. The molecule has 0 aromatic heterocycles. The van der Waals surface area contributed by atoms with Gasteiger partial charge in [-0.1, -0.05) is 60.7 Å². The van der Waals surface area contributed by atoms with Crippen LogP contribution in [0.25, 0.3) is 0 Å². The summed E-state index contributed by atoms with van der Waals surface area (Å²) in [6, 6.07) is 19.6. The molecule has 1 fully saturated rings. The van der Waals surface area contributed by atoms with E-state index >= 15 is 0 Å². The van der Waals surface area contributed by atoms with E-state index in [1.807, 2.05) is 60.7 Å². The van der Waals surface area contributed by atoms with Crippen molar-refractivity contribution in [2.75, 3.05) is 13.2 Å². The van der Waals surface area contributed by atoms with Gasteiger partial charge >= 0.3 is 0 Å².